The van der Waals surface area contributed by atoms with Crippen molar-refractivity contribution in [1.82, 2.24) is 19.5 Å². The molecule has 0 aliphatic heterocycles. The molecular weight excluding hydrogens is 336 g/mol. The van der Waals surface area contributed by atoms with Crippen LogP contribution in [0.2, 0.25) is 5.02 Å². The number of nitrogens with zero attached hydrogens (tertiary/aromatic N) is 4. The molecule has 25 heavy (non-hydrogen) atoms. The quantitative estimate of drug-likeness (QED) is 0.651. The summed E-state index contributed by atoms with van der Waals surface area (Å²) in [6.45, 7) is 2.25. The first-order chi connectivity index (χ1) is 12.1. The van der Waals surface area contributed by atoms with Gasteiger partial charge in [-0.3, -0.25) is 9.36 Å². The van der Waals surface area contributed by atoms with E-state index in [2.05, 4.69) is 21.9 Å². The van der Waals surface area contributed by atoms with Gasteiger partial charge in [-0.1, -0.05) is 31.4 Å². The van der Waals surface area contributed by atoms with Gasteiger partial charge in [-0.15, -0.1) is 0 Å². The van der Waals surface area contributed by atoms with E-state index in [0.717, 1.165) is 37.0 Å². The third-order valence-corrected chi connectivity index (χ3v) is 5.38. The topological polar surface area (TPSA) is 60.7 Å². The SMILES string of the molecule is CC1CCC(C(=O)c2cnc3c(c2)c(Cl)cn3-c2ccncn2)CC1. The maximum atomic E-state index is 12.8. The molecule has 0 N–H and O–H groups in total. The summed E-state index contributed by atoms with van der Waals surface area (Å²) >= 11 is 6.39. The van der Waals surface area contributed by atoms with Crippen LogP contribution in [0, 0.1) is 11.8 Å². The summed E-state index contributed by atoms with van der Waals surface area (Å²) in [6.07, 6.45) is 10.8. The van der Waals surface area contributed by atoms with Gasteiger partial charge in [0.1, 0.15) is 17.8 Å². The second-order valence-corrected chi connectivity index (χ2v) is 7.24. The molecule has 0 unspecified atom stereocenters. The lowest BCUT2D eigenvalue weighted by Crippen LogP contribution is -2.21. The Morgan fingerprint density at radius 2 is 2.04 bits per heavy atom. The van der Waals surface area contributed by atoms with Crippen molar-refractivity contribution in [1.29, 1.82) is 0 Å². The van der Waals surface area contributed by atoms with Crippen molar-refractivity contribution in [2.24, 2.45) is 11.8 Å². The van der Waals surface area contributed by atoms with Gasteiger partial charge in [-0.25, -0.2) is 15.0 Å². The van der Waals surface area contributed by atoms with Gasteiger partial charge in [-0.05, 0) is 30.9 Å². The fraction of sp³-hybridized carbons (Fsp3) is 0.368. The molecule has 0 amide bonds. The first-order valence-corrected chi connectivity index (χ1v) is 8.98. The number of carbonyl (C=O) groups is 1. The van der Waals surface area contributed by atoms with Crippen molar-refractivity contribution in [3.8, 4) is 5.82 Å². The number of halogens is 1. The fourth-order valence-electron chi connectivity index (χ4n) is 3.56. The van der Waals surface area contributed by atoms with Crippen molar-refractivity contribution in [3.05, 3.63) is 47.6 Å². The van der Waals surface area contributed by atoms with Crippen molar-refractivity contribution >= 4 is 28.4 Å². The Balaban J connectivity index is 1.69. The fourth-order valence-corrected chi connectivity index (χ4v) is 3.80. The van der Waals surface area contributed by atoms with E-state index < -0.39 is 0 Å². The van der Waals surface area contributed by atoms with E-state index in [1.54, 1.807) is 24.7 Å². The molecule has 3 heterocycles. The van der Waals surface area contributed by atoms with Crippen molar-refractivity contribution in [3.63, 3.8) is 0 Å². The lowest BCUT2D eigenvalue weighted by atomic mass is 9.79. The van der Waals surface area contributed by atoms with Crippen LogP contribution in [0.25, 0.3) is 16.9 Å². The molecule has 128 valence electrons. The van der Waals surface area contributed by atoms with E-state index in [1.165, 1.54) is 6.33 Å². The van der Waals surface area contributed by atoms with Crippen LogP contribution in [0.5, 0.6) is 0 Å². The van der Waals surface area contributed by atoms with Gasteiger partial charge in [0.15, 0.2) is 5.78 Å². The van der Waals surface area contributed by atoms with E-state index in [4.69, 9.17) is 11.6 Å². The second-order valence-electron chi connectivity index (χ2n) is 6.83. The van der Waals surface area contributed by atoms with E-state index in [9.17, 15) is 4.79 Å². The third kappa shape index (κ3) is 3.04. The van der Waals surface area contributed by atoms with Gasteiger partial charge in [0, 0.05) is 35.5 Å². The summed E-state index contributed by atoms with van der Waals surface area (Å²) in [6, 6.07) is 3.66. The first kappa shape index (κ1) is 16.2. The highest BCUT2D eigenvalue weighted by atomic mass is 35.5. The van der Waals surface area contributed by atoms with Crippen LogP contribution in [0.1, 0.15) is 43.0 Å². The third-order valence-electron chi connectivity index (χ3n) is 5.08. The largest absolute Gasteiger partial charge is 0.294 e. The Labute approximate surface area is 151 Å². The summed E-state index contributed by atoms with van der Waals surface area (Å²) in [7, 11) is 0. The number of rotatable bonds is 3. The van der Waals surface area contributed by atoms with E-state index >= 15 is 0 Å². The van der Waals surface area contributed by atoms with Crippen LogP contribution in [-0.2, 0) is 0 Å². The minimum Gasteiger partial charge on any atom is -0.294 e. The molecule has 0 spiro atoms. The van der Waals surface area contributed by atoms with Gasteiger partial charge in [-0.2, -0.15) is 0 Å². The highest BCUT2D eigenvalue weighted by Gasteiger charge is 2.26. The average Bonchev–Trinajstić information content (AvgIpc) is 2.99. The predicted molar refractivity (Wildman–Crippen MR) is 97.1 cm³/mol. The number of carbonyl (C=O) groups excluding carboxylic acids is 1. The van der Waals surface area contributed by atoms with Crippen molar-refractivity contribution in [2.45, 2.75) is 32.6 Å². The highest BCUT2D eigenvalue weighted by Crippen LogP contribution is 2.32. The van der Waals surface area contributed by atoms with Crippen LogP contribution >= 0.6 is 11.6 Å². The number of pyridine rings is 1. The molecule has 3 aromatic rings. The molecule has 1 aliphatic rings. The van der Waals surface area contributed by atoms with Crippen LogP contribution < -0.4 is 0 Å². The minimum atomic E-state index is 0.109. The molecule has 3 aromatic heterocycles. The molecule has 0 saturated heterocycles. The van der Waals surface area contributed by atoms with Crippen LogP contribution in [-0.4, -0.2) is 25.3 Å². The average molecular weight is 355 g/mol. The molecule has 6 heteroatoms. The molecule has 4 rings (SSSR count). The van der Waals surface area contributed by atoms with Crippen LogP contribution in [0.15, 0.2) is 37.1 Å². The Bertz CT molecular complexity index is 914. The van der Waals surface area contributed by atoms with Crippen LogP contribution in [0.3, 0.4) is 0 Å². The number of Topliss-reactive ketones (excluding diaryl/α,β-unsaturated/α-hetero) is 1. The predicted octanol–water partition coefficient (Wildman–Crippen LogP) is 4.48. The maximum Gasteiger partial charge on any atom is 0.167 e. The molecule has 0 aromatic carbocycles. The van der Waals surface area contributed by atoms with E-state index in [0.29, 0.717) is 22.1 Å². The lowest BCUT2D eigenvalue weighted by Gasteiger charge is -2.24. The summed E-state index contributed by atoms with van der Waals surface area (Å²) in [5.41, 5.74) is 1.34. The van der Waals surface area contributed by atoms with Crippen molar-refractivity contribution in [2.75, 3.05) is 0 Å². The molecule has 1 saturated carbocycles. The maximum absolute atomic E-state index is 12.8. The van der Waals surface area contributed by atoms with Gasteiger partial charge in [0.2, 0.25) is 0 Å². The van der Waals surface area contributed by atoms with Gasteiger partial charge >= 0.3 is 0 Å². The molecule has 5 nitrogen and oxygen atoms in total. The van der Waals surface area contributed by atoms with Gasteiger partial charge in [0.05, 0.1) is 5.02 Å². The van der Waals surface area contributed by atoms with Crippen molar-refractivity contribution < 1.29 is 4.79 Å². The molecular formula is C19H19ClN4O. The molecule has 0 radical (unpaired) electrons. The molecule has 1 aliphatic carbocycles. The minimum absolute atomic E-state index is 0.109. The number of hydrogen-bond acceptors (Lipinski definition) is 4. The number of aromatic nitrogens is 4. The summed E-state index contributed by atoms with van der Waals surface area (Å²) in [5, 5.41) is 1.34. The normalized spacial score (nSPS) is 20.7. The second kappa shape index (κ2) is 6.56. The zero-order valence-electron chi connectivity index (χ0n) is 14.0. The summed E-state index contributed by atoms with van der Waals surface area (Å²) in [5.74, 6) is 1.71. The Kier molecular flexibility index (Phi) is 4.25. The standard InChI is InChI=1S/C19H19ClN4O/c1-12-2-4-13(5-3-12)18(25)14-8-15-16(20)10-24(19(15)22-9-14)17-6-7-21-11-23-17/h6-13H,2-5H2,1H3. The monoisotopic (exact) mass is 354 g/mol. The van der Waals surface area contributed by atoms with Gasteiger partial charge < -0.3 is 0 Å². The molecule has 0 bridgehead atoms. The number of fused-ring (bicyclic) bond motifs is 1. The number of hydrogen-bond donors (Lipinski definition) is 0. The first-order valence-electron chi connectivity index (χ1n) is 8.60. The van der Waals surface area contributed by atoms with E-state index in [1.807, 2.05) is 10.6 Å². The van der Waals surface area contributed by atoms with Gasteiger partial charge in [0.25, 0.3) is 0 Å². The molecule has 0 atom stereocenters. The summed E-state index contributed by atoms with van der Waals surface area (Å²) in [4.78, 5) is 25.5. The van der Waals surface area contributed by atoms with E-state index in [-0.39, 0.29) is 11.7 Å². The smallest absolute Gasteiger partial charge is 0.167 e. The highest BCUT2D eigenvalue weighted by molar-refractivity contribution is 6.35. The zero-order valence-corrected chi connectivity index (χ0v) is 14.8. The Morgan fingerprint density at radius 3 is 2.76 bits per heavy atom. The summed E-state index contributed by atoms with van der Waals surface area (Å²) < 4.78 is 1.82. The Morgan fingerprint density at radius 1 is 1.24 bits per heavy atom. The molecule has 1 fully saturated rings. The lowest BCUT2D eigenvalue weighted by molar-refractivity contribution is 0.0875. The zero-order chi connectivity index (χ0) is 17.4. The Hall–Kier alpha value is -2.27. The van der Waals surface area contributed by atoms with Crippen LogP contribution in [0.4, 0.5) is 0 Å². The number of ketones is 1.